The minimum atomic E-state index is 0.481. The van der Waals surface area contributed by atoms with Crippen LogP contribution in [0.3, 0.4) is 0 Å². The lowest BCUT2D eigenvalue weighted by Crippen LogP contribution is -2.20. The van der Waals surface area contributed by atoms with Gasteiger partial charge in [-0.2, -0.15) is 10.4 Å². The molecule has 0 aliphatic carbocycles. The molecule has 1 aliphatic rings. The van der Waals surface area contributed by atoms with Crippen LogP contribution in [-0.2, 0) is 6.54 Å². The van der Waals surface area contributed by atoms with Crippen LogP contribution in [0, 0.1) is 18.3 Å². The lowest BCUT2D eigenvalue weighted by molar-refractivity contribution is 0.796. The van der Waals surface area contributed by atoms with Crippen molar-refractivity contribution in [2.24, 2.45) is 5.10 Å². The second-order valence-electron chi connectivity index (χ2n) is 7.22. The second kappa shape index (κ2) is 7.71. The molecule has 0 amide bonds. The molecule has 0 fully saturated rings. The number of aryl methyl sites for hydroxylation is 1. The topological polar surface area (TPSA) is 70.1 Å². The zero-order valence-corrected chi connectivity index (χ0v) is 17.5. The lowest BCUT2D eigenvalue weighted by atomic mass is 10.0. The number of hydrazone groups is 1. The lowest BCUT2D eigenvalue weighted by Gasteiger charge is -2.18. The van der Waals surface area contributed by atoms with Gasteiger partial charge in [-0.05, 0) is 42.8 Å². The number of aromatic nitrogens is 3. The first-order valence-corrected chi connectivity index (χ1v) is 10.1. The maximum absolute atomic E-state index is 9.09. The molecule has 150 valence electrons. The largest absolute Gasteiger partial charge is 0.263 e. The van der Waals surface area contributed by atoms with E-state index in [1.807, 2.05) is 83.2 Å². The fourth-order valence-corrected chi connectivity index (χ4v) is 3.80. The van der Waals surface area contributed by atoms with Crippen LogP contribution >= 0.6 is 11.6 Å². The summed E-state index contributed by atoms with van der Waals surface area (Å²) < 4.78 is 2.02. The summed E-state index contributed by atoms with van der Waals surface area (Å²) in [6.07, 6.45) is 0. The standard InChI is InChI=1S/C24H17ClN6/c1-16-27-28-24-30(15-18-8-6-17(14-26)7-9-18)29-23(19-10-12-20(25)13-11-19)21-4-2-3-5-22(21)31(16)24/h2-13H,15H2,1H3. The zero-order valence-electron chi connectivity index (χ0n) is 16.7. The number of para-hydroxylation sites is 1. The molecule has 5 rings (SSSR count). The summed E-state index contributed by atoms with van der Waals surface area (Å²) in [5, 5.41) is 25.4. The van der Waals surface area contributed by atoms with E-state index in [0.29, 0.717) is 23.1 Å². The predicted octanol–water partition coefficient (Wildman–Crippen LogP) is 4.87. The predicted molar refractivity (Wildman–Crippen MR) is 121 cm³/mol. The van der Waals surface area contributed by atoms with Crippen molar-refractivity contribution in [1.82, 2.24) is 14.8 Å². The Morgan fingerprint density at radius 3 is 2.42 bits per heavy atom. The number of fused-ring (bicyclic) bond motifs is 3. The molecule has 6 nitrogen and oxygen atoms in total. The molecule has 7 heteroatoms. The number of nitriles is 1. The number of anilines is 1. The Morgan fingerprint density at radius 1 is 0.935 bits per heavy atom. The van der Waals surface area contributed by atoms with Crippen molar-refractivity contribution in [2.45, 2.75) is 13.5 Å². The normalized spacial score (nSPS) is 12.4. The van der Waals surface area contributed by atoms with Crippen molar-refractivity contribution in [2.75, 3.05) is 5.01 Å². The third-order valence-corrected chi connectivity index (χ3v) is 5.44. The molecule has 2 heterocycles. The van der Waals surface area contributed by atoms with E-state index in [1.165, 1.54) is 0 Å². The minimum Gasteiger partial charge on any atom is -0.263 e. The van der Waals surface area contributed by atoms with Gasteiger partial charge >= 0.3 is 0 Å². The maximum atomic E-state index is 9.09. The van der Waals surface area contributed by atoms with Gasteiger partial charge in [-0.3, -0.25) is 4.57 Å². The molecular weight excluding hydrogens is 408 g/mol. The van der Waals surface area contributed by atoms with Crippen LogP contribution in [0.25, 0.3) is 5.69 Å². The van der Waals surface area contributed by atoms with Gasteiger partial charge in [0.2, 0.25) is 0 Å². The van der Waals surface area contributed by atoms with E-state index in [-0.39, 0.29) is 0 Å². The van der Waals surface area contributed by atoms with Crippen molar-refractivity contribution in [3.63, 3.8) is 0 Å². The van der Waals surface area contributed by atoms with E-state index in [9.17, 15) is 0 Å². The highest BCUT2D eigenvalue weighted by atomic mass is 35.5. The smallest absolute Gasteiger partial charge is 0.252 e. The molecule has 0 saturated heterocycles. The van der Waals surface area contributed by atoms with Gasteiger partial charge in [-0.1, -0.05) is 54.1 Å². The Labute approximate surface area is 184 Å². The molecule has 0 radical (unpaired) electrons. The number of halogens is 1. The Balaban J connectivity index is 1.69. The molecule has 0 unspecified atom stereocenters. The first-order chi connectivity index (χ1) is 15.1. The highest BCUT2D eigenvalue weighted by Gasteiger charge is 2.26. The van der Waals surface area contributed by atoms with Crippen molar-refractivity contribution in [3.05, 3.63) is 106 Å². The number of hydrogen-bond donors (Lipinski definition) is 0. The molecule has 1 aromatic heterocycles. The van der Waals surface area contributed by atoms with Gasteiger partial charge in [0.1, 0.15) is 11.5 Å². The summed E-state index contributed by atoms with van der Waals surface area (Å²) in [4.78, 5) is 0. The summed E-state index contributed by atoms with van der Waals surface area (Å²) >= 11 is 6.12. The number of benzene rings is 3. The van der Waals surface area contributed by atoms with Crippen LogP contribution in [0.2, 0.25) is 5.02 Å². The summed E-state index contributed by atoms with van der Waals surface area (Å²) in [6.45, 7) is 2.41. The maximum Gasteiger partial charge on any atom is 0.252 e. The van der Waals surface area contributed by atoms with Crippen LogP contribution < -0.4 is 5.01 Å². The first kappa shape index (κ1) is 19.0. The van der Waals surface area contributed by atoms with E-state index >= 15 is 0 Å². The van der Waals surface area contributed by atoms with Gasteiger partial charge in [-0.15, -0.1) is 10.2 Å². The van der Waals surface area contributed by atoms with Crippen molar-refractivity contribution in [3.8, 4) is 11.8 Å². The van der Waals surface area contributed by atoms with E-state index in [0.717, 1.165) is 33.9 Å². The van der Waals surface area contributed by atoms with Crippen LogP contribution in [0.15, 0.2) is 77.9 Å². The minimum absolute atomic E-state index is 0.481. The number of nitrogens with zero attached hydrogens (tertiary/aromatic N) is 6. The Hall–Kier alpha value is -3.95. The van der Waals surface area contributed by atoms with Crippen LogP contribution in [0.1, 0.15) is 28.1 Å². The van der Waals surface area contributed by atoms with E-state index in [2.05, 4.69) is 22.3 Å². The van der Waals surface area contributed by atoms with Crippen molar-refractivity contribution >= 4 is 23.3 Å². The van der Waals surface area contributed by atoms with Crippen molar-refractivity contribution < 1.29 is 0 Å². The molecule has 0 spiro atoms. The van der Waals surface area contributed by atoms with Gasteiger partial charge in [-0.25, -0.2) is 5.01 Å². The van der Waals surface area contributed by atoms with E-state index < -0.39 is 0 Å². The third kappa shape index (κ3) is 3.45. The van der Waals surface area contributed by atoms with Crippen LogP contribution in [0.4, 0.5) is 5.95 Å². The van der Waals surface area contributed by atoms with E-state index in [4.69, 9.17) is 22.0 Å². The summed E-state index contributed by atoms with van der Waals surface area (Å²) in [5.41, 5.74) is 5.36. The monoisotopic (exact) mass is 424 g/mol. The Morgan fingerprint density at radius 2 is 1.68 bits per heavy atom. The summed E-state index contributed by atoms with van der Waals surface area (Å²) in [7, 11) is 0. The highest BCUT2D eigenvalue weighted by molar-refractivity contribution is 6.30. The van der Waals surface area contributed by atoms with Gasteiger partial charge in [0.25, 0.3) is 5.95 Å². The fourth-order valence-electron chi connectivity index (χ4n) is 3.67. The summed E-state index contributed by atoms with van der Waals surface area (Å²) in [5.74, 6) is 1.41. The Bertz CT molecular complexity index is 1330. The van der Waals surface area contributed by atoms with E-state index in [1.54, 1.807) is 0 Å². The molecule has 0 saturated carbocycles. The molecule has 31 heavy (non-hydrogen) atoms. The quantitative estimate of drug-likeness (QED) is 0.470. The summed E-state index contributed by atoms with van der Waals surface area (Å²) in [6, 6.07) is 25.4. The molecule has 4 aromatic rings. The van der Waals surface area contributed by atoms with Gasteiger partial charge in [0.15, 0.2) is 0 Å². The molecular formula is C24H17ClN6. The average molecular weight is 425 g/mol. The van der Waals surface area contributed by atoms with Crippen molar-refractivity contribution in [1.29, 1.82) is 5.26 Å². The average Bonchev–Trinajstić information content (AvgIpc) is 3.12. The molecule has 0 bridgehead atoms. The van der Waals surface area contributed by atoms with Gasteiger partial charge in [0, 0.05) is 16.1 Å². The van der Waals surface area contributed by atoms with Crippen LogP contribution in [0.5, 0.6) is 0 Å². The molecule has 0 atom stereocenters. The highest BCUT2D eigenvalue weighted by Crippen LogP contribution is 2.30. The zero-order chi connectivity index (χ0) is 21.4. The molecule has 0 N–H and O–H groups in total. The number of rotatable bonds is 3. The molecule has 1 aliphatic heterocycles. The van der Waals surface area contributed by atoms with Crippen LogP contribution in [-0.4, -0.2) is 20.5 Å². The Kier molecular flexibility index (Phi) is 4.73. The number of hydrogen-bond acceptors (Lipinski definition) is 5. The third-order valence-electron chi connectivity index (χ3n) is 5.19. The molecule has 3 aromatic carbocycles. The SMILES string of the molecule is Cc1nnc2n1-c1ccccc1C(c1ccc(Cl)cc1)=NN2Cc1ccc(C#N)cc1. The van der Waals surface area contributed by atoms with Gasteiger partial charge in [0.05, 0.1) is 23.9 Å². The first-order valence-electron chi connectivity index (χ1n) is 9.77. The second-order valence-corrected chi connectivity index (χ2v) is 7.66. The fraction of sp³-hybridized carbons (Fsp3) is 0.0833. The van der Waals surface area contributed by atoms with Gasteiger partial charge < -0.3 is 0 Å².